The van der Waals surface area contributed by atoms with E-state index in [1.165, 1.54) is 0 Å². The maximum absolute atomic E-state index is 11.6. The molecule has 488 valence electrons. The average molecular weight is 1380 g/mol. The average Bonchev–Trinajstić information content (AvgIpc) is 2.01. The number of hydrogen-bond donors (Lipinski definition) is 9. The summed E-state index contributed by atoms with van der Waals surface area (Å²) in [4.78, 5) is 55.9. The number of rotatable bonds is 16. The minimum absolute atomic E-state index is 0. The van der Waals surface area contributed by atoms with Crippen molar-refractivity contribution in [1.29, 1.82) is 5.26 Å². The molecule has 0 aromatic carbocycles. The molecule has 33 heteroatoms. The zero-order valence-electron chi connectivity index (χ0n) is 52.7. The second kappa shape index (κ2) is 35.3. The van der Waals surface area contributed by atoms with Gasteiger partial charge in [-0.15, -0.1) is 0 Å². The van der Waals surface area contributed by atoms with E-state index in [9.17, 15) is 9.59 Å². The van der Waals surface area contributed by atoms with Gasteiger partial charge in [-0.2, -0.15) is 35.5 Å². The maximum Gasteiger partial charge on any atom is 0.497 e. The van der Waals surface area contributed by atoms with E-state index in [-0.39, 0.29) is 38.1 Å². The molecule has 0 aliphatic carbocycles. The lowest BCUT2D eigenvalue weighted by Crippen LogP contribution is -2.35. The lowest BCUT2D eigenvalue weighted by Gasteiger charge is -2.21. The largest absolute Gasteiger partial charge is 0.497 e. The number of ether oxygens (including phenoxy) is 2. The van der Waals surface area contributed by atoms with Crippen molar-refractivity contribution in [2.24, 2.45) is 26.9 Å². The van der Waals surface area contributed by atoms with Crippen LogP contribution in [-0.4, -0.2) is 151 Å². The van der Waals surface area contributed by atoms with Crippen LogP contribution in [0.1, 0.15) is 81.1 Å². The highest BCUT2D eigenvalue weighted by atomic mass is 79.9. The topological polar surface area (TPSA) is 402 Å². The summed E-state index contributed by atoms with van der Waals surface area (Å²) in [6.07, 6.45) is 18.4. The quantitative estimate of drug-likeness (QED) is 0.0333. The Morgan fingerprint density at radius 3 is 1.67 bits per heavy atom. The summed E-state index contributed by atoms with van der Waals surface area (Å²) in [5, 5.41) is 38.9. The van der Waals surface area contributed by atoms with Crippen LogP contribution in [0, 0.1) is 18.3 Å². The van der Waals surface area contributed by atoms with Gasteiger partial charge >= 0.3 is 19.3 Å². The van der Waals surface area contributed by atoms with Gasteiger partial charge in [-0.1, -0.05) is 7.43 Å². The first-order chi connectivity index (χ1) is 42.5. The second-order valence-electron chi connectivity index (χ2n) is 22.2. The Balaban J connectivity index is 0.000000251. The molecule has 9 heterocycles. The van der Waals surface area contributed by atoms with Crippen LogP contribution in [0.25, 0.3) is 22.3 Å². The number of nitriles is 1. The summed E-state index contributed by atoms with van der Waals surface area (Å²) in [5.74, 6) is 2.60. The van der Waals surface area contributed by atoms with Crippen molar-refractivity contribution in [3.05, 3.63) is 113 Å². The number of nitrogens with zero attached hydrogens (tertiary/aromatic N) is 15. The van der Waals surface area contributed by atoms with Gasteiger partial charge in [0.05, 0.1) is 40.5 Å². The van der Waals surface area contributed by atoms with E-state index >= 15 is 0 Å². The molecule has 1 aliphatic heterocycles. The molecule has 0 bridgehead atoms. The van der Waals surface area contributed by atoms with E-state index in [2.05, 4.69) is 119 Å². The van der Waals surface area contributed by atoms with E-state index in [1.807, 2.05) is 127 Å². The van der Waals surface area contributed by atoms with Gasteiger partial charge in [-0.05, 0) is 125 Å². The molecule has 8 aromatic heterocycles. The van der Waals surface area contributed by atoms with Gasteiger partial charge in [0.2, 0.25) is 17.8 Å². The molecule has 91 heavy (non-hydrogen) atoms. The van der Waals surface area contributed by atoms with Crippen LogP contribution >= 0.6 is 31.9 Å². The van der Waals surface area contributed by atoms with E-state index < -0.39 is 23.4 Å². The van der Waals surface area contributed by atoms with Crippen LogP contribution in [0.3, 0.4) is 0 Å². The van der Waals surface area contributed by atoms with Gasteiger partial charge < -0.3 is 67.9 Å². The molecule has 8 aromatic rings. The molecule has 1 fully saturated rings. The number of halogens is 2. The lowest BCUT2D eigenvalue weighted by molar-refractivity contribution is 0.0518. The summed E-state index contributed by atoms with van der Waals surface area (Å²) in [6, 6.07) is 9.29. The van der Waals surface area contributed by atoms with E-state index in [1.54, 1.807) is 75.8 Å². The molecular formula is C58H83BBr2N24O6. The molecule has 1 aliphatic rings. The molecular weight excluding hydrogens is 1300 g/mol. The summed E-state index contributed by atoms with van der Waals surface area (Å²) in [6.45, 7) is 21.8. The molecule has 1 atom stereocenters. The first-order valence-corrected chi connectivity index (χ1v) is 29.7. The van der Waals surface area contributed by atoms with Crippen LogP contribution in [0.4, 0.5) is 50.6 Å². The second-order valence-corrected chi connectivity index (χ2v) is 23.9. The number of nitrogen functional groups attached to an aromatic ring is 2. The normalized spacial score (nSPS) is 12.8. The Hall–Kier alpha value is -9.10. The van der Waals surface area contributed by atoms with Crippen LogP contribution < -0.4 is 54.6 Å². The van der Waals surface area contributed by atoms with E-state index in [0.29, 0.717) is 78.5 Å². The Labute approximate surface area is 547 Å². The number of aromatic nitrogens is 14. The fourth-order valence-corrected chi connectivity index (χ4v) is 7.80. The van der Waals surface area contributed by atoms with Gasteiger partial charge in [0.15, 0.2) is 0 Å². The Kier molecular flexibility index (Phi) is 28.9. The van der Waals surface area contributed by atoms with Crippen LogP contribution in [0.15, 0.2) is 101 Å². The van der Waals surface area contributed by atoms with Gasteiger partial charge in [-0.3, -0.25) is 19.0 Å². The SMILES string of the molecule is C.CC(C)(C)OC(=O)NCCNc1nc(N)ncc1Br.CC1OB(c2cnn(C)c2)OC1(C)C.Cc1ccc(Br)cn1.Cn1cc(-c2cnc(N)nc2NCCNC(=O)OC(C)(C)C)cn1.Cn1cc(-c2cnc(Nc3ccc(C#N)nc3)nc2NCCN)cn1. The predicted molar refractivity (Wildman–Crippen MR) is 360 cm³/mol. The molecule has 0 spiro atoms. The molecule has 1 saturated heterocycles. The standard InChI is InChI=1S/C16H17N9.C15H23N7O2.C11H18BrN5O2.C9H15BN2O2.C6H6BrN.CH4/c1-25-10-11(7-22-25)14-9-21-16(24-15(14)19-5-4-17)23-13-3-2-12(6-18)20-8-13;1-15(2,3)24-14(23)18-6-5-17-12-11(8-19-13(16)21-12)10-7-20-22(4)9-10;1-11(2,3)19-10(18)15-5-4-14-8-7(12)6-16-9(13)17-8;1-7-9(2,3)14-10(13-7)8-5-11-12(4)6-8;1-5-2-3-6(7)4-8-5;/h2-3,7-10H,4-5,17H2,1H3,(H2,19,21,23,24);7-9H,5-6H2,1-4H3,(H,18,23)(H3,16,17,19,21);6H,4-5H2,1-3H3,(H,15,18)(H3,13,14,16,17);5-7H,1-4H3;2-4H,1H3;1H4. The fourth-order valence-electron chi connectivity index (χ4n) is 7.23. The third-order valence-electron chi connectivity index (χ3n) is 11.7. The number of amides is 2. The van der Waals surface area contributed by atoms with Gasteiger partial charge in [-0.25, -0.2) is 29.5 Å². The van der Waals surface area contributed by atoms with Crippen molar-refractivity contribution in [3.8, 4) is 28.3 Å². The number of hydrogen-bond acceptors (Lipinski definition) is 25. The summed E-state index contributed by atoms with van der Waals surface area (Å²) in [7, 11) is 5.30. The van der Waals surface area contributed by atoms with Crippen molar-refractivity contribution in [2.45, 2.75) is 99.6 Å². The summed E-state index contributed by atoms with van der Waals surface area (Å²) in [5.41, 5.74) is 22.0. The van der Waals surface area contributed by atoms with Gasteiger partial charge in [0, 0.05) is 148 Å². The number of pyridine rings is 2. The fraction of sp³-hybridized carbons (Fsp3) is 0.414. The highest BCUT2D eigenvalue weighted by molar-refractivity contribution is 9.10. The monoisotopic (exact) mass is 1380 g/mol. The Morgan fingerprint density at radius 1 is 0.681 bits per heavy atom. The molecule has 1 unspecified atom stereocenters. The Bertz CT molecular complexity index is 3570. The number of nitrogens with two attached hydrogens (primary N) is 3. The Morgan fingerprint density at radius 2 is 1.21 bits per heavy atom. The third-order valence-corrected chi connectivity index (χ3v) is 12.8. The molecule has 0 saturated carbocycles. The van der Waals surface area contributed by atoms with Gasteiger partial charge in [0.1, 0.15) is 40.4 Å². The summed E-state index contributed by atoms with van der Waals surface area (Å²) < 4.78 is 28.7. The zero-order chi connectivity index (χ0) is 66.2. The highest BCUT2D eigenvalue weighted by Gasteiger charge is 2.44. The van der Waals surface area contributed by atoms with Crippen molar-refractivity contribution in [3.63, 3.8) is 0 Å². The molecule has 30 nitrogen and oxygen atoms in total. The van der Waals surface area contributed by atoms with Crippen LogP contribution in [-0.2, 0) is 39.9 Å². The summed E-state index contributed by atoms with van der Waals surface area (Å²) >= 11 is 6.58. The van der Waals surface area contributed by atoms with Crippen molar-refractivity contribution < 1.29 is 28.4 Å². The number of carbonyl (C=O) groups excluding carboxylic acids is 2. The highest BCUT2D eigenvalue weighted by Crippen LogP contribution is 2.29. The van der Waals surface area contributed by atoms with Crippen molar-refractivity contribution in [2.75, 3.05) is 72.0 Å². The minimum atomic E-state index is -0.522. The van der Waals surface area contributed by atoms with E-state index in [4.69, 9.17) is 41.2 Å². The maximum atomic E-state index is 11.6. The lowest BCUT2D eigenvalue weighted by atomic mass is 9.82. The number of carbonyl (C=O) groups is 2. The molecule has 12 N–H and O–H groups in total. The van der Waals surface area contributed by atoms with Crippen molar-refractivity contribution in [1.82, 2.24) is 79.8 Å². The van der Waals surface area contributed by atoms with Gasteiger partial charge in [0.25, 0.3) is 0 Å². The third kappa shape index (κ3) is 26.5. The number of anilines is 7. The number of nitrogens with one attached hydrogen (secondary N) is 6. The molecule has 0 radical (unpaired) electrons. The van der Waals surface area contributed by atoms with E-state index in [0.717, 1.165) is 37.9 Å². The first kappa shape index (κ1) is 74.4. The zero-order valence-corrected chi connectivity index (χ0v) is 55.9. The number of alkyl carbamates (subject to hydrolysis) is 2. The molecule has 2 amide bonds. The van der Waals surface area contributed by atoms with Crippen molar-refractivity contribution >= 4 is 97.6 Å². The smallest absolute Gasteiger partial charge is 0.444 e. The number of aryl methyl sites for hydroxylation is 4. The van der Waals surface area contributed by atoms with Crippen LogP contribution in [0.5, 0.6) is 0 Å². The predicted octanol–water partition coefficient (Wildman–Crippen LogP) is 7.53. The minimum Gasteiger partial charge on any atom is -0.444 e. The molecule has 9 rings (SSSR count). The van der Waals surface area contributed by atoms with Crippen LogP contribution in [0.2, 0.25) is 0 Å². The first-order valence-electron chi connectivity index (χ1n) is 28.1.